The molecule has 1 fully saturated rings. The summed E-state index contributed by atoms with van der Waals surface area (Å²) in [6.45, 7) is -2.10. The summed E-state index contributed by atoms with van der Waals surface area (Å²) in [6.07, 6.45) is -1.86. The van der Waals surface area contributed by atoms with E-state index in [1.165, 1.54) is 4.72 Å². The van der Waals surface area contributed by atoms with Crippen LogP contribution in [0.4, 0.5) is 13.2 Å². The standard InChI is InChI=1S/C10H17F3N2O4S/c11-10(12,13)7-15-20(18,19)14-6-9(8(16)17)4-2-1-3-5-9/h14-15H,1-7H2,(H,16,17). The third kappa shape index (κ3) is 5.25. The number of carboxylic acid groups (broad SMARTS) is 1. The molecule has 20 heavy (non-hydrogen) atoms. The molecule has 0 spiro atoms. The van der Waals surface area contributed by atoms with Gasteiger partial charge in [-0.25, -0.2) is 4.72 Å². The summed E-state index contributed by atoms with van der Waals surface area (Å²) in [5, 5.41) is 9.21. The van der Waals surface area contributed by atoms with Gasteiger partial charge < -0.3 is 5.11 Å². The highest BCUT2D eigenvalue weighted by Crippen LogP contribution is 2.36. The lowest BCUT2D eigenvalue weighted by Gasteiger charge is -2.33. The lowest BCUT2D eigenvalue weighted by Crippen LogP contribution is -2.48. The number of alkyl halides is 3. The maximum Gasteiger partial charge on any atom is 0.402 e. The van der Waals surface area contributed by atoms with Gasteiger partial charge in [0.25, 0.3) is 10.2 Å². The van der Waals surface area contributed by atoms with Crippen LogP contribution >= 0.6 is 0 Å². The largest absolute Gasteiger partial charge is 0.481 e. The molecular formula is C10H17F3N2O4S. The molecule has 6 nitrogen and oxygen atoms in total. The molecule has 1 rings (SSSR count). The smallest absolute Gasteiger partial charge is 0.402 e. The van der Waals surface area contributed by atoms with E-state index in [2.05, 4.69) is 0 Å². The molecule has 0 atom stereocenters. The predicted octanol–water partition coefficient (Wildman–Crippen LogP) is 1.01. The fourth-order valence-electron chi connectivity index (χ4n) is 2.16. The first-order chi connectivity index (χ1) is 9.06. The number of carbonyl (C=O) groups is 1. The van der Waals surface area contributed by atoms with Crippen molar-refractivity contribution in [3.63, 3.8) is 0 Å². The molecule has 1 aliphatic carbocycles. The summed E-state index contributed by atoms with van der Waals surface area (Å²) in [5.41, 5.74) is -1.23. The average molecular weight is 318 g/mol. The minimum absolute atomic E-state index is 0.310. The van der Waals surface area contributed by atoms with E-state index in [-0.39, 0.29) is 0 Å². The van der Waals surface area contributed by atoms with Gasteiger partial charge in [0.2, 0.25) is 0 Å². The second kappa shape index (κ2) is 6.27. The highest BCUT2D eigenvalue weighted by Gasteiger charge is 2.40. The summed E-state index contributed by atoms with van der Waals surface area (Å²) < 4.78 is 61.8. The second-order valence-electron chi connectivity index (χ2n) is 4.91. The quantitative estimate of drug-likeness (QED) is 0.681. The molecule has 0 aromatic heterocycles. The number of rotatable bonds is 6. The van der Waals surface area contributed by atoms with E-state index in [0.717, 1.165) is 6.42 Å². The van der Waals surface area contributed by atoms with Gasteiger partial charge >= 0.3 is 12.1 Å². The van der Waals surface area contributed by atoms with E-state index in [4.69, 9.17) is 0 Å². The van der Waals surface area contributed by atoms with E-state index in [9.17, 15) is 31.5 Å². The Balaban J connectivity index is 2.61. The van der Waals surface area contributed by atoms with Crippen molar-refractivity contribution < 1.29 is 31.5 Å². The normalized spacial score (nSPS) is 19.8. The molecule has 0 aliphatic heterocycles. The van der Waals surface area contributed by atoms with Crippen molar-refractivity contribution in [3.05, 3.63) is 0 Å². The van der Waals surface area contributed by atoms with Crippen LogP contribution in [0.25, 0.3) is 0 Å². The van der Waals surface area contributed by atoms with Crippen LogP contribution in [0.15, 0.2) is 0 Å². The molecule has 1 saturated carbocycles. The first-order valence-electron chi connectivity index (χ1n) is 6.11. The Morgan fingerprint density at radius 3 is 2.15 bits per heavy atom. The van der Waals surface area contributed by atoms with E-state index in [1.54, 1.807) is 0 Å². The van der Waals surface area contributed by atoms with Gasteiger partial charge in [-0.3, -0.25) is 4.79 Å². The van der Waals surface area contributed by atoms with Crippen LogP contribution in [0.1, 0.15) is 32.1 Å². The van der Waals surface area contributed by atoms with Crippen LogP contribution < -0.4 is 9.44 Å². The monoisotopic (exact) mass is 318 g/mol. The fourth-order valence-corrected chi connectivity index (χ4v) is 3.08. The Morgan fingerprint density at radius 2 is 1.70 bits per heavy atom. The first-order valence-corrected chi connectivity index (χ1v) is 7.59. The lowest BCUT2D eigenvalue weighted by atomic mass is 9.74. The van der Waals surface area contributed by atoms with Crippen molar-refractivity contribution >= 4 is 16.2 Å². The summed E-state index contributed by atoms with van der Waals surface area (Å²) in [7, 11) is -4.37. The summed E-state index contributed by atoms with van der Waals surface area (Å²) >= 11 is 0. The van der Waals surface area contributed by atoms with Crippen molar-refractivity contribution in [2.45, 2.75) is 38.3 Å². The second-order valence-corrected chi connectivity index (χ2v) is 6.49. The number of carboxylic acids is 1. The van der Waals surface area contributed by atoms with Gasteiger partial charge in [-0.05, 0) is 12.8 Å². The van der Waals surface area contributed by atoms with Crippen molar-refractivity contribution in [1.29, 1.82) is 0 Å². The van der Waals surface area contributed by atoms with E-state index < -0.39 is 40.9 Å². The van der Waals surface area contributed by atoms with Crippen molar-refractivity contribution in [3.8, 4) is 0 Å². The third-order valence-corrected chi connectivity index (χ3v) is 4.38. The molecule has 0 saturated heterocycles. The van der Waals surface area contributed by atoms with E-state index >= 15 is 0 Å². The van der Waals surface area contributed by atoms with Crippen LogP contribution in [0, 0.1) is 5.41 Å². The van der Waals surface area contributed by atoms with Crippen LogP contribution in [0.5, 0.6) is 0 Å². The number of halogens is 3. The van der Waals surface area contributed by atoms with Crippen molar-refractivity contribution in [2.75, 3.05) is 13.1 Å². The Kier molecular flexibility index (Phi) is 5.39. The van der Waals surface area contributed by atoms with Crippen molar-refractivity contribution in [1.82, 2.24) is 9.44 Å². The molecule has 10 heteroatoms. The zero-order chi connectivity index (χ0) is 15.4. The molecular weight excluding hydrogens is 301 g/mol. The molecule has 0 heterocycles. The maximum atomic E-state index is 11.9. The van der Waals surface area contributed by atoms with Gasteiger partial charge in [0.05, 0.1) is 5.41 Å². The van der Waals surface area contributed by atoms with Gasteiger partial charge in [-0.1, -0.05) is 19.3 Å². The van der Waals surface area contributed by atoms with Crippen LogP contribution in [0.3, 0.4) is 0 Å². The molecule has 0 aromatic rings. The molecule has 1 aliphatic rings. The highest BCUT2D eigenvalue weighted by atomic mass is 32.2. The zero-order valence-corrected chi connectivity index (χ0v) is 11.5. The molecule has 0 radical (unpaired) electrons. The Hall–Kier alpha value is -0.870. The van der Waals surface area contributed by atoms with Crippen LogP contribution in [-0.4, -0.2) is 38.8 Å². The van der Waals surface area contributed by atoms with Gasteiger partial charge in [-0.15, -0.1) is 0 Å². The molecule has 0 bridgehead atoms. The Bertz CT molecular complexity index is 444. The third-order valence-electron chi connectivity index (χ3n) is 3.33. The number of hydrogen-bond acceptors (Lipinski definition) is 3. The van der Waals surface area contributed by atoms with Crippen LogP contribution in [0.2, 0.25) is 0 Å². The van der Waals surface area contributed by atoms with E-state index in [1.807, 2.05) is 4.72 Å². The Labute approximate surface area is 114 Å². The lowest BCUT2D eigenvalue weighted by molar-refractivity contribution is -0.150. The minimum atomic E-state index is -4.66. The average Bonchev–Trinajstić information content (AvgIpc) is 2.35. The highest BCUT2D eigenvalue weighted by molar-refractivity contribution is 7.87. The molecule has 0 unspecified atom stereocenters. The summed E-state index contributed by atoms with van der Waals surface area (Å²) in [5.74, 6) is -1.13. The van der Waals surface area contributed by atoms with Gasteiger partial charge in [-0.2, -0.15) is 26.3 Å². The number of nitrogens with one attached hydrogen (secondary N) is 2. The SMILES string of the molecule is O=C(O)C1(CNS(=O)(=O)NCC(F)(F)F)CCCCC1. The first kappa shape index (κ1) is 17.2. The fraction of sp³-hybridized carbons (Fsp3) is 0.900. The molecule has 3 N–H and O–H groups in total. The number of hydrogen-bond donors (Lipinski definition) is 3. The van der Waals surface area contributed by atoms with Gasteiger partial charge in [0.15, 0.2) is 0 Å². The predicted molar refractivity (Wildman–Crippen MR) is 64.1 cm³/mol. The zero-order valence-electron chi connectivity index (χ0n) is 10.7. The van der Waals surface area contributed by atoms with Gasteiger partial charge in [0.1, 0.15) is 6.54 Å². The summed E-state index contributed by atoms with van der Waals surface area (Å²) in [4.78, 5) is 11.3. The van der Waals surface area contributed by atoms with E-state index in [0.29, 0.717) is 25.7 Å². The Morgan fingerprint density at radius 1 is 1.15 bits per heavy atom. The minimum Gasteiger partial charge on any atom is -0.481 e. The van der Waals surface area contributed by atoms with Gasteiger partial charge in [0, 0.05) is 6.54 Å². The number of aliphatic carboxylic acids is 1. The summed E-state index contributed by atoms with van der Waals surface area (Å²) in [6, 6.07) is 0. The maximum absolute atomic E-state index is 11.9. The van der Waals surface area contributed by atoms with Crippen molar-refractivity contribution in [2.24, 2.45) is 5.41 Å². The molecule has 0 amide bonds. The molecule has 118 valence electrons. The topological polar surface area (TPSA) is 95.5 Å². The molecule has 0 aromatic carbocycles. The van der Waals surface area contributed by atoms with Crippen LogP contribution in [-0.2, 0) is 15.0 Å².